The summed E-state index contributed by atoms with van der Waals surface area (Å²) in [5.74, 6) is 0.467. The smallest absolute Gasteiger partial charge is 0.233 e. The first-order valence-electron chi connectivity index (χ1n) is 5.13. The summed E-state index contributed by atoms with van der Waals surface area (Å²) in [6.45, 7) is 5.61. The second-order valence-corrected chi connectivity index (χ2v) is 3.73. The SMILES string of the molecule is COC(CNCC(=O)NCC(C)C)OC. The highest BCUT2D eigenvalue weighted by atomic mass is 16.7. The van der Waals surface area contributed by atoms with Crippen molar-refractivity contribution in [2.24, 2.45) is 5.92 Å². The van der Waals surface area contributed by atoms with Crippen LogP contribution in [0.25, 0.3) is 0 Å². The molecular formula is C10H22N2O3. The maximum atomic E-state index is 11.3. The molecule has 0 saturated carbocycles. The number of amides is 1. The molecule has 1 amide bonds. The lowest BCUT2D eigenvalue weighted by molar-refractivity contribution is -0.121. The number of hydrogen-bond donors (Lipinski definition) is 2. The van der Waals surface area contributed by atoms with Gasteiger partial charge in [-0.3, -0.25) is 4.79 Å². The van der Waals surface area contributed by atoms with Crippen molar-refractivity contribution in [3.05, 3.63) is 0 Å². The van der Waals surface area contributed by atoms with Crippen LogP contribution >= 0.6 is 0 Å². The second kappa shape index (κ2) is 8.64. The molecule has 2 N–H and O–H groups in total. The molecule has 0 aromatic heterocycles. The average Bonchev–Trinajstić information content (AvgIpc) is 2.21. The van der Waals surface area contributed by atoms with Crippen molar-refractivity contribution >= 4 is 5.91 Å². The predicted octanol–water partition coefficient (Wildman–Crippen LogP) is -0.0329. The van der Waals surface area contributed by atoms with Gasteiger partial charge in [-0.2, -0.15) is 0 Å². The quantitative estimate of drug-likeness (QED) is 0.562. The highest BCUT2D eigenvalue weighted by Crippen LogP contribution is 1.88. The Morgan fingerprint density at radius 3 is 2.27 bits per heavy atom. The van der Waals surface area contributed by atoms with E-state index >= 15 is 0 Å². The number of carbonyl (C=O) groups is 1. The topological polar surface area (TPSA) is 59.6 Å². The zero-order valence-electron chi connectivity index (χ0n) is 10.0. The molecule has 0 aliphatic rings. The van der Waals surface area contributed by atoms with E-state index in [1.807, 2.05) is 0 Å². The molecule has 15 heavy (non-hydrogen) atoms. The van der Waals surface area contributed by atoms with Crippen LogP contribution in [0.5, 0.6) is 0 Å². The van der Waals surface area contributed by atoms with Gasteiger partial charge in [0, 0.05) is 27.3 Å². The molecule has 0 heterocycles. The maximum Gasteiger partial charge on any atom is 0.233 e. The Bertz CT molecular complexity index is 170. The van der Waals surface area contributed by atoms with Gasteiger partial charge in [0.1, 0.15) is 0 Å². The first kappa shape index (κ1) is 14.3. The molecule has 5 heteroatoms. The molecule has 0 saturated heterocycles. The highest BCUT2D eigenvalue weighted by Gasteiger charge is 2.06. The molecular weight excluding hydrogens is 196 g/mol. The molecule has 0 aliphatic carbocycles. The lowest BCUT2D eigenvalue weighted by Gasteiger charge is -2.14. The van der Waals surface area contributed by atoms with Crippen LogP contribution in [-0.2, 0) is 14.3 Å². The Hall–Kier alpha value is -0.650. The van der Waals surface area contributed by atoms with Crippen molar-refractivity contribution in [3.63, 3.8) is 0 Å². The fourth-order valence-corrected chi connectivity index (χ4v) is 0.947. The van der Waals surface area contributed by atoms with Crippen molar-refractivity contribution in [1.29, 1.82) is 0 Å². The van der Waals surface area contributed by atoms with E-state index in [9.17, 15) is 4.79 Å². The van der Waals surface area contributed by atoms with Gasteiger partial charge in [-0.05, 0) is 5.92 Å². The van der Waals surface area contributed by atoms with E-state index in [1.54, 1.807) is 14.2 Å². The predicted molar refractivity (Wildman–Crippen MR) is 58.5 cm³/mol. The highest BCUT2D eigenvalue weighted by molar-refractivity contribution is 5.77. The summed E-state index contributed by atoms with van der Waals surface area (Å²) in [5.41, 5.74) is 0. The number of nitrogens with one attached hydrogen (secondary N) is 2. The van der Waals surface area contributed by atoms with Gasteiger partial charge in [-0.15, -0.1) is 0 Å². The zero-order chi connectivity index (χ0) is 11.7. The van der Waals surface area contributed by atoms with Gasteiger partial charge in [-0.1, -0.05) is 13.8 Å². The molecule has 0 aliphatic heterocycles. The largest absolute Gasteiger partial charge is 0.355 e. The van der Waals surface area contributed by atoms with Crippen LogP contribution in [-0.4, -0.2) is 46.1 Å². The van der Waals surface area contributed by atoms with E-state index < -0.39 is 0 Å². The van der Waals surface area contributed by atoms with E-state index in [0.717, 1.165) is 0 Å². The van der Waals surface area contributed by atoms with Gasteiger partial charge in [0.15, 0.2) is 6.29 Å². The van der Waals surface area contributed by atoms with Crippen molar-refractivity contribution in [1.82, 2.24) is 10.6 Å². The normalized spacial score (nSPS) is 11.1. The van der Waals surface area contributed by atoms with Crippen molar-refractivity contribution in [3.8, 4) is 0 Å². The number of methoxy groups -OCH3 is 2. The Morgan fingerprint density at radius 1 is 1.20 bits per heavy atom. The Morgan fingerprint density at radius 2 is 1.80 bits per heavy atom. The fraction of sp³-hybridized carbons (Fsp3) is 0.900. The third-order valence-corrected chi connectivity index (χ3v) is 1.83. The zero-order valence-corrected chi connectivity index (χ0v) is 10.0. The van der Waals surface area contributed by atoms with Crippen LogP contribution in [0.2, 0.25) is 0 Å². The number of rotatable bonds is 8. The minimum atomic E-state index is -0.303. The number of ether oxygens (including phenoxy) is 2. The molecule has 5 nitrogen and oxygen atoms in total. The molecule has 0 unspecified atom stereocenters. The first-order valence-corrected chi connectivity index (χ1v) is 5.13. The van der Waals surface area contributed by atoms with Crippen LogP contribution in [0.3, 0.4) is 0 Å². The summed E-state index contributed by atoms with van der Waals surface area (Å²) in [6, 6.07) is 0. The lowest BCUT2D eigenvalue weighted by atomic mass is 10.2. The molecule has 0 aromatic rings. The fourth-order valence-electron chi connectivity index (χ4n) is 0.947. The second-order valence-electron chi connectivity index (χ2n) is 3.73. The standard InChI is InChI=1S/C10H22N2O3/c1-8(2)5-12-9(13)6-11-7-10(14-3)15-4/h8,10-11H,5-7H2,1-4H3,(H,12,13). The molecule has 0 bridgehead atoms. The number of hydrogen-bond acceptors (Lipinski definition) is 4. The summed E-state index contributed by atoms with van der Waals surface area (Å²) in [5, 5.41) is 5.76. The van der Waals surface area contributed by atoms with Crippen molar-refractivity contribution in [2.75, 3.05) is 33.9 Å². The maximum absolute atomic E-state index is 11.3. The molecule has 90 valence electrons. The molecule has 0 aromatic carbocycles. The van der Waals surface area contributed by atoms with Crippen LogP contribution in [0, 0.1) is 5.92 Å². The van der Waals surface area contributed by atoms with Gasteiger partial charge in [0.05, 0.1) is 6.54 Å². The Balaban J connectivity index is 3.46. The van der Waals surface area contributed by atoms with Crippen LogP contribution in [0.4, 0.5) is 0 Å². The summed E-state index contributed by atoms with van der Waals surface area (Å²) in [6.07, 6.45) is -0.303. The summed E-state index contributed by atoms with van der Waals surface area (Å²) in [7, 11) is 3.13. The van der Waals surface area contributed by atoms with E-state index in [0.29, 0.717) is 19.0 Å². The number of carbonyl (C=O) groups excluding carboxylic acids is 1. The van der Waals surface area contributed by atoms with Crippen LogP contribution in [0.15, 0.2) is 0 Å². The summed E-state index contributed by atoms with van der Waals surface area (Å²) >= 11 is 0. The Labute approximate surface area is 91.5 Å². The molecule has 0 radical (unpaired) electrons. The van der Waals surface area contributed by atoms with Crippen LogP contribution < -0.4 is 10.6 Å². The lowest BCUT2D eigenvalue weighted by Crippen LogP contribution is -2.39. The van der Waals surface area contributed by atoms with Crippen molar-refractivity contribution < 1.29 is 14.3 Å². The van der Waals surface area contributed by atoms with E-state index in [4.69, 9.17) is 9.47 Å². The Kier molecular flexibility index (Phi) is 8.27. The van der Waals surface area contributed by atoms with E-state index in [1.165, 1.54) is 0 Å². The monoisotopic (exact) mass is 218 g/mol. The minimum Gasteiger partial charge on any atom is -0.355 e. The first-order chi connectivity index (χ1) is 7.10. The van der Waals surface area contributed by atoms with Gasteiger partial charge in [0.2, 0.25) is 5.91 Å². The average molecular weight is 218 g/mol. The van der Waals surface area contributed by atoms with Gasteiger partial charge >= 0.3 is 0 Å². The minimum absolute atomic E-state index is 0.00495. The van der Waals surface area contributed by atoms with Gasteiger partial charge in [-0.25, -0.2) is 0 Å². The third kappa shape index (κ3) is 8.35. The molecule has 0 atom stereocenters. The van der Waals surface area contributed by atoms with Gasteiger partial charge < -0.3 is 20.1 Å². The van der Waals surface area contributed by atoms with Gasteiger partial charge in [0.25, 0.3) is 0 Å². The summed E-state index contributed by atoms with van der Waals surface area (Å²) < 4.78 is 9.93. The summed E-state index contributed by atoms with van der Waals surface area (Å²) in [4.78, 5) is 11.3. The molecule has 0 rings (SSSR count). The van der Waals surface area contributed by atoms with Crippen molar-refractivity contribution in [2.45, 2.75) is 20.1 Å². The molecule has 0 fully saturated rings. The third-order valence-electron chi connectivity index (χ3n) is 1.83. The van der Waals surface area contributed by atoms with Crippen LogP contribution in [0.1, 0.15) is 13.8 Å². The van der Waals surface area contributed by atoms with E-state index in [2.05, 4.69) is 24.5 Å². The van der Waals surface area contributed by atoms with E-state index in [-0.39, 0.29) is 18.7 Å². The molecule has 0 spiro atoms.